The number of carbonyl (C=O) groups excluding carboxylic acids is 1. The smallest absolute Gasteiger partial charge is 0.220 e. The molecule has 0 aromatic heterocycles. The summed E-state index contributed by atoms with van der Waals surface area (Å²) in [7, 11) is 0. The summed E-state index contributed by atoms with van der Waals surface area (Å²) in [6.07, 6.45) is 0.568. The molecule has 1 heterocycles. The van der Waals surface area contributed by atoms with E-state index < -0.39 is 0 Å². The van der Waals surface area contributed by atoms with Crippen molar-refractivity contribution in [1.29, 1.82) is 0 Å². The van der Waals surface area contributed by atoms with E-state index in [2.05, 4.69) is 10.6 Å². The molecule has 0 spiro atoms. The Kier molecular flexibility index (Phi) is 3.74. The van der Waals surface area contributed by atoms with Gasteiger partial charge in [0.05, 0.1) is 6.04 Å². The van der Waals surface area contributed by atoms with E-state index >= 15 is 0 Å². The minimum atomic E-state index is -0.257. The van der Waals surface area contributed by atoms with Crippen LogP contribution in [0.3, 0.4) is 0 Å². The highest BCUT2D eigenvalue weighted by Gasteiger charge is 2.20. The molecule has 2 rings (SSSR count). The predicted octanol–water partition coefficient (Wildman–Crippen LogP) is 1.61. The molecule has 1 saturated heterocycles. The number of amides is 1. The SMILES string of the molecule is C[C@@H](NC(=O)CC1CNC1)c1ccc(F)cc1. The van der Waals surface area contributed by atoms with Gasteiger partial charge in [0.15, 0.2) is 0 Å². The Bertz CT molecular complexity index is 387. The minimum Gasteiger partial charge on any atom is -0.350 e. The van der Waals surface area contributed by atoms with Crippen molar-refractivity contribution in [2.24, 2.45) is 5.92 Å². The Balaban J connectivity index is 1.84. The van der Waals surface area contributed by atoms with Crippen LogP contribution >= 0.6 is 0 Å². The third kappa shape index (κ3) is 3.27. The van der Waals surface area contributed by atoms with E-state index in [-0.39, 0.29) is 17.8 Å². The molecule has 1 aliphatic rings. The summed E-state index contributed by atoms with van der Waals surface area (Å²) in [6, 6.07) is 6.15. The number of hydrogen-bond donors (Lipinski definition) is 2. The lowest BCUT2D eigenvalue weighted by molar-refractivity contribution is -0.123. The zero-order valence-electron chi connectivity index (χ0n) is 9.87. The van der Waals surface area contributed by atoms with Crippen LogP contribution in [0.2, 0.25) is 0 Å². The summed E-state index contributed by atoms with van der Waals surface area (Å²) in [5, 5.41) is 6.06. The van der Waals surface area contributed by atoms with Crippen molar-refractivity contribution in [1.82, 2.24) is 10.6 Å². The highest BCUT2D eigenvalue weighted by molar-refractivity contribution is 5.76. The number of hydrogen-bond acceptors (Lipinski definition) is 2. The summed E-state index contributed by atoms with van der Waals surface area (Å²) >= 11 is 0. The molecular weight excluding hydrogens is 219 g/mol. The fraction of sp³-hybridized carbons (Fsp3) is 0.462. The molecule has 1 aliphatic heterocycles. The van der Waals surface area contributed by atoms with Gasteiger partial charge in [-0.1, -0.05) is 12.1 Å². The van der Waals surface area contributed by atoms with Crippen molar-refractivity contribution in [2.75, 3.05) is 13.1 Å². The van der Waals surface area contributed by atoms with Crippen LogP contribution < -0.4 is 10.6 Å². The molecule has 1 fully saturated rings. The van der Waals surface area contributed by atoms with Gasteiger partial charge in [-0.15, -0.1) is 0 Å². The van der Waals surface area contributed by atoms with Gasteiger partial charge < -0.3 is 10.6 Å². The largest absolute Gasteiger partial charge is 0.350 e. The monoisotopic (exact) mass is 236 g/mol. The van der Waals surface area contributed by atoms with Gasteiger partial charge in [-0.05, 0) is 43.6 Å². The van der Waals surface area contributed by atoms with E-state index in [9.17, 15) is 9.18 Å². The van der Waals surface area contributed by atoms with Crippen molar-refractivity contribution in [3.05, 3.63) is 35.6 Å². The van der Waals surface area contributed by atoms with Crippen molar-refractivity contribution in [3.8, 4) is 0 Å². The van der Waals surface area contributed by atoms with Crippen LogP contribution in [0, 0.1) is 11.7 Å². The number of halogens is 1. The third-order valence-electron chi connectivity index (χ3n) is 3.09. The summed E-state index contributed by atoms with van der Waals surface area (Å²) in [5.74, 6) is 0.275. The average molecular weight is 236 g/mol. The van der Waals surface area contributed by atoms with Gasteiger partial charge in [0.1, 0.15) is 5.82 Å². The molecule has 1 atom stereocenters. The average Bonchev–Trinajstić information content (AvgIpc) is 2.24. The molecule has 0 unspecified atom stereocenters. The van der Waals surface area contributed by atoms with E-state index in [1.165, 1.54) is 12.1 Å². The fourth-order valence-electron chi connectivity index (χ4n) is 1.89. The van der Waals surface area contributed by atoms with Crippen molar-refractivity contribution in [2.45, 2.75) is 19.4 Å². The van der Waals surface area contributed by atoms with Crippen LogP contribution in [-0.4, -0.2) is 19.0 Å². The first-order chi connectivity index (χ1) is 8.15. The fourth-order valence-corrected chi connectivity index (χ4v) is 1.89. The van der Waals surface area contributed by atoms with Crippen LogP contribution in [0.1, 0.15) is 24.9 Å². The predicted molar refractivity (Wildman–Crippen MR) is 63.9 cm³/mol. The molecule has 2 N–H and O–H groups in total. The van der Waals surface area contributed by atoms with Gasteiger partial charge in [-0.3, -0.25) is 4.79 Å². The zero-order chi connectivity index (χ0) is 12.3. The van der Waals surface area contributed by atoms with Gasteiger partial charge in [0, 0.05) is 6.42 Å². The molecule has 17 heavy (non-hydrogen) atoms. The van der Waals surface area contributed by atoms with Gasteiger partial charge in [0.2, 0.25) is 5.91 Å². The van der Waals surface area contributed by atoms with Crippen molar-refractivity contribution in [3.63, 3.8) is 0 Å². The highest BCUT2D eigenvalue weighted by Crippen LogP contribution is 2.14. The van der Waals surface area contributed by atoms with Gasteiger partial charge in [-0.2, -0.15) is 0 Å². The van der Waals surface area contributed by atoms with E-state index in [1.807, 2.05) is 6.92 Å². The second-order valence-electron chi connectivity index (χ2n) is 4.57. The van der Waals surface area contributed by atoms with Crippen LogP contribution in [-0.2, 0) is 4.79 Å². The quantitative estimate of drug-likeness (QED) is 0.834. The van der Waals surface area contributed by atoms with Gasteiger partial charge >= 0.3 is 0 Å². The molecule has 0 aliphatic carbocycles. The first kappa shape index (κ1) is 12.0. The lowest BCUT2D eigenvalue weighted by Crippen LogP contribution is -2.44. The van der Waals surface area contributed by atoms with E-state index in [0.29, 0.717) is 12.3 Å². The Labute approximate surface area is 100 Å². The topological polar surface area (TPSA) is 41.1 Å². The Morgan fingerprint density at radius 1 is 1.47 bits per heavy atom. The summed E-state index contributed by atoms with van der Waals surface area (Å²) in [4.78, 5) is 11.7. The molecule has 1 amide bonds. The second kappa shape index (κ2) is 5.27. The third-order valence-corrected chi connectivity index (χ3v) is 3.09. The Hall–Kier alpha value is -1.42. The van der Waals surface area contributed by atoms with Crippen LogP contribution in [0.25, 0.3) is 0 Å². The second-order valence-corrected chi connectivity index (χ2v) is 4.57. The van der Waals surface area contributed by atoms with Crippen molar-refractivity contribution >= 4 is 5.91 Å². The van der Waals surface area contributed by atoms with E-state index in [4.69, 9.17) is 0 Å². The summed E-state index contributed by atoms with van der Waals surface area (Å²) < 4.78 is 12.7. The lowest BCUT2D eigenvalue weighted by atomic mass is 9.98. The van der Waals surface area contributed by atoms with Crippen LogP contribution in [0.4, 0.5) is 4.39 Å². The molecule has 0 radical (unpaired) electrons. The van der Waals surface area contributed by atoms with Gasteiger partial charge in [-0.25, -0.2) is 4.39 Å². The molecular formula is C13H17FN2O. The molecule has 0 bridgehead atoms. The standard InChI is InChI=1S/C13H17FN2O/c1-9(11-2-4-12(14)5-3-11)16-13(17)6-10-7-15-8-10/h2-5,9-10,15H,6-8H2,1H3,(H,16,17)/t9-/m1/s1. The molecule has 1 aromatic rings. The number of benzene rings is 1. The van der Waals surface area contributed by atoms with Crippen molar-refractivity contribution < 1.29 is 9.18 Å². The summed E-state index contributed by atoms with van der Waals surface area (Å²) in [5.41, 5.74) is 0.923. The molecule has 1 aromatic carbocycles. The normalized spacial score (nSPS) is 17.3. The lowest BCUT2D eigenvalue weighted by Gasteiger charge is -2.27. The zero-order valence-corrected chi connectivity index (χ0v) is 9.87. The molecule has 92 valence electrons. The van der Waals surface area contributed by atoms with E-state index in [0.717, 1.165) is 18.7 Å². The molecule has 3 nitrogen and oxygen atoms in total. The number of nitrogens with one attached hydrogen (secondary N) is 2. The first-order valence-electron chi connectivity index (χ1n) is 5.90. The maximum Gasteiger partial charge on any atom is 0.220 e. The number of carbonyl (C=O) groups is 1. The minimum absolute atomic E-state index is 0.0633. The maximum absolute atomic E-state index is 12.7. The highest BCUT2D eigenvalue weighted by atomic mass is 19.1. The first-order valence-corrected chi connectivity index (χ1v) is 5.90. The van der Waals surface area contributed by atoms with Crippen LogP contribution in [0.15, 0.2) is 24.3 Å². The Morgan fingerprint density at radius 3 is 2.65 bits per heavy atom. The number of rotatable bonds is 4. The maximum atomic E-state index is 12.7. The van der Waals surface area contributed by atoms with Crippen LogP contribution in [0.5, 0.6) is 0 Å². The Morgan fingerprint density at radius 2 is 2.12 bits per heavy atom. The summed E-state index contributed by atoms with van der Waals surface area (Å²) in [6.45, 7) is 3.76. The van der Waals surface area contributed by atoms with E-state index in [1.54, 1.807) is 12.1 Å². The molecule has 4 heteroatoms. The van der Waals surface area contributed by atoms with Gasteiger partial charge in [0.25, 0.3) is 0 Å². The molecule has 0 saturated carbocycles.